The van der Waals surface area contributed by atoms with Crippen molar-refractivity contribution in [2.45, 2.75) is 6.92 Å². The van der Waals surface area contributed by atoms with Crippen LogP contribution in [0.4, 0.5) is 0 Å². The van der Waals surface area contributed by atoms with Crippen LogP contribution in [0.3, 0.4) is 0 Å². The highest BCUT2D eigenvalue weighted by Gasteiger charge is 1.91. The van der Waals surface area contributed by atoms with Crippen molar-refractivity contribution in [3.63, 3.8) is 0 Å². The van der Waals surface area contributed by atoms with E-state index in [-0.39, 0.29) is 0 Å². The maximum Gasteiger partial charge on any atom is 0.139 e. The minimum Gasteiger partial charge on any atom is -0.292 e. The zero-order valence-corrected chi connectivity index (χ0v) is 5.65. The molecule has 0 bridgehead atoms. The van der Waals surface area contributed by atoms with Crippen molar-refractivity contribution in [1.82, 2.24) is 14.4 Å². The van der Waals surface area contributed by atoms with Gasteiger partial charge < -0.3 is 0 Å². The highest BCUT2D eigenvalue weighted by Crippen LogP contribution is 1.98. The predicted molar refractivity (Wildman–Crippen MR) is 37.7 cm³/mol. The molecule has 0 amide bonds. The number of aryl methyl sites for hydroxylation is 1. The molecule has 0 unspecified atom stereocenters. The Morgan fingerprint density at radius 2 is 2.40 bits per heavy atom. The number of rotatable bonds is 0. The van der Waals surface area contributed by atoms with Crippen LogP contribution in [0.25, 0.3) is 5.65 Å². The molecule has 0 N–H and O–H groups in total. The standard InChI is InChI=1S/C7H7N3/c1-6-8-5-10-4-2-3-7(10)9-6/h2-5H,1H3. The summed E-state index contributed by atoms with van der Waals surface area (Å²) in [5.41, 5.74) is 0.951. The second kappa shape index (κ2) is 1.80. The Morgan fingerprint density at radius 3 is 3.30 bits per heavy atom. The first-order valence-corrected chi connectivity index (χ1v) is 3.12. The van der Waals surface area contributed by atoms with E-state index in [0.717, 1.165) is 11.5 Å². The van der Waals surface area contributed by atoms with E-state index in [2.05, 4.69) is 9.97 Å². The monoisotopic (exact) mass is 133 g/mol. The molecule has 10 heavy (non-hydrogen) atoms. The van der Waals surface area contributed by atoms with Crippen molar-refractivity contribution in [3.8, 4) is 0 Å². The van der Waals surface area contributed by atoms with Gasteiger partial charge >= 0.3 is 0 Å². The van der Waals surface area contributed by atoms with Crippen LogP contribution in [0.5, 0.6) is 0 Å². The van der Waals surface area contributed by atoms with Gasteiger partial charge in [-0.3, -0.25) is 4.40 Å². The minimum atomic E-state index is 0.811. The highest BCUT2D eigenvalue weighted by atomic mass is 15.1. The van der Waals surface area contributed by atoms with Crippen molar-refractivity contribution in [2.75, 3.05) is 0 Å². The normalized spacial score (nSPS) is 10.5. The molecule has 50 valence electrons. The van der Waals surface area contributed by atoms with E-state index in [1.54, 1.807) is 6.33 Å². The minimum absolute atomic E-state index is 0.811. The molecule has 2 heterocycles. The van der Waals surface area contributed by atoms with Crippen molar-refractivity contribution >= 4 is 5.65 Å². The van der Waals surface area contributed by atoms with Gasteiger partial charge in [0.25, 0.3) is 0 Å². The van der Waals surface area contributed by atoms with Gasteiger partial charge in [-0.1, -0.05) is 0 Å². The number of hydrogen-bond donors (Lipinski definition) is 0. The molecule has 3 nitrogen and oxygen atoms in total. The van der Waals surface area contributed by atoms with E-state index >= 15 is 0 Å². The van der Waals surface area contributed by atoms with Crippen LogP contribution in [0.15, 0.2) is 24.7 Å². The molecule has 2 aromatic heterocycles. The Kier molecular flexibility index (Phi) is 0.974. The van der Waals surface area contributed by atoms with Gasteiger partial charge in [-0.05, 0) is 19.1 Å². The Morgan fingerprint density at radius 1 is 1.50 bits per heavy atom. The first kappa shape index (κ1) is 5.41. The van der Waals surface area contributed by atoms with Crippen LogP contribution in [0, 0.1) is 6.92 Å². The van der Waals surface area contributed by atoms with Gasteiger partial charge in [-0.25, -0.2) is 9.97 Å². The van der Waals surface area contributed by atoms with Crippen LogP contribution < -0.4 is 0 Å². The molecule has 3 heteroatoms. The smallest absolute Gasteiger partial charge is 0.139 e. The molecule has 0 atom stereocenters. The third-order valence-electron chi connectivity index (χ3n) is 1.40. The summed E-state index contributed by atoms with van der Waals surface area (Å²) in [7, 11) is 0. The molecule has 0 spiro atoms. The first-order chi connectivity index (χ1) is 4.86. The van der Waals surface area contributed by atoms with E-state index in [4.69, 9.17) is 0 Å². The lowest BCUT2D eigenvalue weighted by molar-refractivity contribution is 0.968. The van der Waals surface area contributed by atoms with E-state index in [1.807, 2.05) is 29.7 Å². The molecule has 0 aliphatic heterocycles. The van der Waals surface area contributed by atoms with Crippen molar-refractivity contribution in [2.24, 2.45) is 0 Å². The zero-order chi connectivity index (χ0) is 6.97. The summed E-state index contributed by atoms with van der Waals surface area (Å²) in [6.45, 7) is 1.88. The lowest BCUT2D eigenvalue weighted by Crippen LogP contribution is -1.91. The molecule has 0 aromatic carbocycles. The number of aromatic nitrogens is 3. The largest absolute Gasteiger partial charge is 0.292 e. The summed E-state index contributed by atoms with van der Waals surface area (Å²) < 4.78 is 1.88. The Labute approximate surface area is 58.4 Å². The summed E-state index contributed by atoms with van der Waals surface area (Å²) in [5, 5.41) is 0. The molecule has 0 aliphatic carbocycles. The SMILES string of the molecule is Cc1ncn2cccc2n1. The van der Waals surface area contributed by atoms with Gasteiger partial charge in [0.05, 0.1) is 0 Å². The van der Waals surface area contributed by atoms with Crippen molar-refractivity contribution < 1.29 is 0 Å². The van der Waals surface area contributed by atoms with Crippen LogP contribution in [-0.2, 0) is 0 Å². The van der Waals surface area contributed by atoms with Crippen LogP contribution in [0.1, 0.15) is 5.82 Å². The van der Waals surface area contributed by atoms with E-state index in [1.165, 1.54) is 0 Å². The van der Waals surface area contributed by atoms with E-state index < -0.39 is 0 Å². The number of hydrogen-bond acceptors (Lipinski definition) is 2. The van der Waals surface area contributed by atoms with Gasteiger partial charge in [-0.15, -0.1) is 0 Å². The molecule has 0 saturated heterocycles. The quantitative estimate of drug-likeness (QED) is 0.537. The molecule has 0 fully saturated rings. The van der Waals surface area contributed by atoms with Crippen molar-refractivity contribution in [3.05, 3.63) is 30.5 Å². The molecular formula is C7H7N3. The Hall–Kier alpha value is -1.38. The second-order valence-electron chi connectivity index (χ2n) is 2.18. The molecule has 0 saturated carbocycles. The van der Waals surface area contributed by atoms with E-state index in [9.17, 15) is 0 Å². The molecular weight excluding hydrogens is 126 g/mol. The topological polar surface area (TPSA) is 30.2 Å². The average Bonchev–Trinajstić information content (AvgIpc) is 2.33. The highest BCUT2D eigenvalue weighted by molar-refractivity contribution is 5.37. The second-order valence-corrected chi connectivity index (χ2v) is 2.18. The summed E-state index contributed by atoms with van der Waals surface area (Å²) in [4.78, 5) is 8.22. The first-order valence-electron chi connectivity index (χ1n) is 3.12. The lowest BCUT2D eigenvalue weighted by Gasteiger charge is -1.92. The Balaban J connectivity index is 2.86. The van der Waals surface area contributed by atoms with Gasteiger partial charge in [0, 0.05) is 6.20 Å². The molecule has 0 radical (unpaired) electrons. The van der Waals surface area contributed by atoms with Crippen molar-refractivity contribution in [1.29, 1.82) is 0 Å². The fourth-order valence-corrected chi connectivity index (χ4v) is 0.917. The fraction of sp³-hybridized carbons (Fsp3) is 0.143. The average molecular weight is 133 g/mol. The molecule has 2 aromatic rings. The van der Waals surface area contributed by atoms with Crippen LogP contribution >= 0.6 is 0 Å². The number of fused-ring (bicyclic) bond motifs is 1. The lowest BCUT2D eigenvalue weighted by atomic mass is 10.6. The van der Waals surface area contributed by atoms with Gasteiger partial charge in [0.1, 0.15) is 17.8 Å². The molecule has 2 rings (SSSR count). The third kappa shape index (κ3) is 0.673. The molecule has 0 aliphatic rings. The zero-order valence-electron chi connectivity index (χ0n) is 5.65. The summed E-state index contributed by atoms with van der Waals surface area (Å²) >= 11 is 0. The summed E-state index contributed by atoms with van der Waals surface area (Å²) in [5.74, 6) is 0.811. The Bertz CT molecular complexity index is 350. The summed E-state index contributed by atoms with van der Waals surface area (Å²) in [6, 6.07) is 3.90. The predicted octanol–water partition coefficient (Wildman–Crippen LogP) is 1.04. The van der Waals surface area contributed by atoms with E-state index in [0.29, 0.717) is 0 Å². The van der Waals surface area contributed by atoms with Crippen LogP contribution in [-0.4, -0.2) is 14.4 Å². The third-order valence-corrected chi connectivity index (χ3v) is 1.40. The van der Waals surface area contributed by atoms with Gasteiger partial charge in [0.2, 0.25) is 0 Å². The maximum absolute atomic E-state index is 4.19. The number of nitrogens with zero attached hydrogens (tertiary/aromatic N) is 3. The maximum atomic E-state index is 4.19. The van der Waals surface area contributed by atoms with Gasteiger partial charge in [0.15, 0.2) is 0 Å². The fourth-order valence-electron chi connectivity index (χ4n) is 0.917. The van der Waals surface area contributed by atoms with Crippen LogP contribution in [0.2, 0.25) is 0 Å². The summed E-state index contributed by atoms with van der Waals surface area (Å²) in [6.07, 6.45) is 3.69. The van der Waals surface area contributed by atoms with Gasteiger partial charge in [-0.2, -0.15) is 0 Å².